The van der Waals surface area contributed by atoms with E-state index in [4.69, 9.17) is 9.47 Å². The number of para-hydroxylation sites is 2. The smallest absolute Gasteiger partial charge is 0.138 e. The monoisotopic (exact) mass is 301 g/mol. The van der Waals surface area contributed by atoms with Crippen molar-refractivity contribution in [2.75, 3.05) is 0 Å². The second-order valence-electron chi connectivity index (χ2n) is 4.93. The van der Waals surface area contributed by atoms with Gasteiger partial charge in [0.15, 0.2) is 0 Å². The van der Waals surface area contributed by atoms with Gasteiger partial charge in [0.05, 0.1) is 0 Å². The Kier molecular flexibility index (Phi) is 4.75. The molecule has 0 unspecified atom stereocenters. The molecule has 113 valence electrons. The standard InChI is InChI=1S/C21H17O2/c1-2-9-17-14-15-20(22-18-10-5-3-6-11-18)16-21(17)23-19-12-7-4-8-13-19/h2-16H,1H2. The number of hydrogen-bond acceptors (Lipinski definition) is 2. The summed E-state index contributed by atoms with van der Waals surface area (Å²) in [6, 6.07) is 25.1. The molecular weight excluding hydrogens is 284 g/mol. The highest BCUT2D eigenvalue weighted by atomic mass is 16.5. The van der Waals surface area contributed by atoms with E-state index in [0.29, 0.717) is 0 Å². The Labute approximate surface area is 136 Å². The summed E-state index contributed by atoms with van der Waals surface area (Å²) in [5, 5.41) is 0. The summed E-state index contributed by atoms with van der Waals surface area (Å²) < 4.78 is 11.9. The van der Waals surface area contributed by atoms with Gasteiger partial charge in [-0.25, -0.2) is 0 Å². The van der Waals surface area contributed by atoms with Crippen molar-refractivity contribution >= 4 is 6.08 Å². The van der Waals surface area contributed by atoms with Crippen LogP contribution >= 0.6 is 0 Å². The van der Waals surface area contributed by atoms with E-state index >= 15 is 0 Å². The average Bonchev–Trinajstić information content (AvgIpc) is 2.59. The van der Waals surface area contributed by atoms with Crippen molar-refractivity contribution in [3.05, 3.63) is 97.4 Å². The third-order valence-electron chi connectivity index (χ3n) is 3.23. The van der Waals surface area contributed by atoms with Crippen LogP contribution in [-0.4, -0.2) is 0 Å². The number of allylic oxidation sites excluding steroid dienone is 1. The minimum absolute atomic E-state index is 0.725. The molecule has 0 atom stereocenters. The van der Waals surface area contributed by atoms with Crippen molar-refractivity contribution in [3.8, 4) is 23.0 Å². The zero-order valence-electron chi connectivity index (χ0n) is 12.7. The van der Waals surface area contributed by atoms with Gasteiger partial charge in [-0.3, -0.25) is 0 Å². The van der Waals surface area contributed by atoms with Gasteiger partial charge in [-0.15, -0.1) is 0 Å². The SMILES string of the molecule is [CH2]C=Cc1ccc(Oc2ccccc2)cc1Oc1ccccc1. The topological polar surface area (TPSA) is 18.5 Å². The minimum atomic E-state index is 0.725. The summed E-state index contributed by atoms with van der Waals surface area (Å²) in [5.74, 6) is 3.02. The lowest BCUT2D eigenvalue weighted by Gasteiger charge is -2.12. The average molecular weight is 301 g/mol. The number of hydrogen-bond donors (Lipinski definition) is 0. The predicted octanol–water partition coefficient (Wildman–Crippen LogP) is 6.12. The van der Waals surface area contributed by atoms with E-state index in [9.17, 15) is 0 Å². The van der Waals surface area contributed by atoms with E-state index < -0.39 is 0 Å². The fourth-order valence-corrected chi connectivity index (χ4v) is 2.17. The molecule has 0 aliphatic carbocycles. The van der Waals surface area contributed by atoms with E-state index in [1.54, 1.807) is 6.08 Å². The fraction of sp³-hybridized carbons (Fsp3) is 0. The quantitative estimate of drug-likeness (QED) is 0.565. The molecular formula is C21H17O2. The number of benzene rings is 3. The Morgan fingerprint density at radius 3 is 1.87 bits per heavy atom. The minimum Gasteiger partial charge on any atom is -0.457 e. The fourth-order valence-electron chi connectivity index (χ4n) is 2.17. The molecule has 0 heterocycles. The van der Waals surface area contributed by atoms with Gasteiger partial charge >= 0.3 is 0 Å². The molecule has 3 aromatic carbocycles. The van der Waals surface area contributed by atoms with E-state index in [2.05, 4.69) is 6.92 Å². The molecule has 0 N–H and O–H groups in total. The molecule has 0 bridgehead atoms. The summed E-state index contributed by atoms with van der Waals surface area (Å²) in [6.07, 6.45) is 3.65. The lowest BCUT2D eigenvalue weighted by Crippen LogP contribution is -1.90. The van der Waals surface area contributed by atoms with Gasteiger partial charge in [0.1, 0.15) is 23.0 Å². The molecule has 0 saturated carbocycles. The summed E-state index contributed by atoms with van der Waals surface area (Å²) in [6.45, 7) is 3.75. The summed E-state index contributed by atoms with van der Waals surface area (Å²) in [7, 11) is 0. The molecule has 23 heavy (non-hydrogen) atoms. The van der Waals surface area contributed by atoms with E-state index in [1.807, 2.05) is 84.9 Å². The van der Waals surface area contributed by atoms with E-state index in [-0.39, 0.29) is 0 Å². The van der Waals surface area contributed by atoms with Crippen molar-refractivity contribution in [2.45, 2.75) is 0 Å². The van der Waals surface area contributed by atoms with Gasteiger partial charge < -0.3 is 9.47 Å². The molecule has 0 aliphatic rings. The van der Waals surface area contributed by atoms with Crippen LogP contribution in [0.15, 0.2) is 84.9 Å². The zero-order valence-corrected chi connectivity index (χ0v) is 12.7. The summed E-state index contributed by atoms with van der Waals surface area (Å²) >= 11 is 0. The van der Waals surface area contributed by atoms with Crippen LogP contribution in [0, 0.1) is 6.92 Å². The Balaban J connectivity index is 1.90. The normalized spacial score (nSPS) is 10.7. The lowest BCUT2D eigenvalue weighted by atomic mass is 10.1. The maximum absolute atomic E-state index is 5.98. The Bertz CT molecular complexity index is 777. The van der Waals surface area contributed by atoms with Crippen LogP contribution in [0.3, 0.4) is 0 Å². The lowest BCUT2D eigenvalue weighted by molar-refractivity contribution is 0.459. The Morgan fingerprint density at radius 2 is 1.26 bits per heavy atom. The molecule has 1 radical (unpaired) electrons. The highest BCUT2D eigenvalue weighted by Crippen LogP contribution is 2.32. The molecule has 0 amide bonds. The van der Waals surface area contributed by atoms with E-state index in [1.165, 1.54) is 0 Å². The molecule has 2 heteroatoms. The highest BCUT2D eigenvalue weighted by molar-refractivity contribution is 5.60. The van der Waals surface area contributed by atoms with Crippen LogP contribution in [-0.2, 0) is 0 Å². The van der Waals surface area contributed by atoms with Crippen molar-refractivity contribution in [1.82, 2.24) is 0 Å². The predicted molar refractivity (Wildman–Crippen MR) is 93.9 cm³/mol. The second-order valence-corrected chi connectivity index (χ2v) is 4.93. The van der Waals surface area contributed by atoms with Crippen LogP contribution in [0.4, 0.5) is 0 Å². The molecule has 0 aliphatic heterocycles. The van der Waals surface area contributed by atoms with Gasteiger partial charge in [0.25, 0.3) is 0 Å². The third-order valence-corrected chi connectivity index (χ3v) is 3.23. The molecule has 3 aromatic rings. The van der Waals surface area contributed by atoms with Gasteiger partial charge in [-0.2, -0.15) is 0 Å². The van der Waals surface area contributed by atoms with Crippen molar-refractivity contribution in [1.29, 1.82) is 0 Å². The maximum Gasteiger partial charge on any atom is 0.138 e. The third kappa shape index (κ3) is 4.01. The van der Waals surface area contributed by atoms with Crippen LogP contribution in [0.25, 0.3) is 6.08 Å². The first-order valence-corrected chi connectivity index (χ1v) is 7.41. The molecule has 0 aromatic heterocycles. The van der Waals surface area contributed by atoms with E-state index in [0.717, 1.165) is 28.6 Å². The molecule has 0 fully saturated rings. The van der Waals surface area contributed by atoms with Crippen molar-refractivity contribution in [3.63, 3.8) is 0 Å². The summed E-state index contributed by atoms with van der Waals surface area (Å²) in [4.78, 5) is 0. The Morgan fingerprint density at radius 1 is 0.652 bits per heavy atom. The Hall–Kier alpha value is -3.00. The second kappa shape index (κ2) is 7.32. The molecule has 0 saturated heterocycles. The first-order chi connectivity index (χ1) is 11.3. The van der Waals surface area contributed by atoms with Gasteiger partial charge in [-0.05, 0) is 43.3 Å². The molecule has 2 nitrogen and oxygen atoms in total. The summed E-state index contributed by atoms with van der Waals surface area (Å²) in [5.41, 5.74) is 0.948. The van der Waals surface area contributed by atoms with Crippen LogP contribution < -0.4 is 9.47 Å². The van der Waals surface area contributed by atoms with Crippen LogP contribution in [0.5, 0.6) is 23.0 Å². The van der Waals surface area contributed by atoms with Gasteiger partial charge in [0, 0.05) is 11.6 Å². The van der Waals surface area contributed by atoms with Crippen LogP contribution in [0.1, 0.15) is 5.56 Å². The first-order valence-electron chi connectivity index (χ1n) is 7.41. The van der Waals surface area contributed by atoms with Gasteiger partial charge in [0.2, 0.25) is 0 Å². The largest absolute Gasteiger partial charge is 0.457 e. The highest BCUT2D eigenvalue weighted by Gasteiger charge is 2.06. The molecule has 3 rings (SSSR count). The number of rotatable bonds is 5. The van der Waals surface area contributed by atoms with Gasteiger partial charge in [-0.1, -0.05) is 48.6 Å². The zero-order chi connectivity index (χ0) is 15.9. The number of ether oxygens (including phenoxy) is 2. The maximum atomic E-state index is 5.98. The van der Waals surface area contributed by atoms with Crippen molar-refractivity contribution in [2.24, 2.45) is 0 Å². The van der Waals surface area contributed by atoms with Crippen molar-refractivity contribution < 1.29 is 9.47 Å². The van der Waals surface area contributed by atoms with Crippen LogP contribution in [0.2, 0.25) is 0 Å². The first kappa shape index (κ1) is 14.9. The molecule has 0 spiro atoms.